The molecule has 0 aromatic carbocycles. The van der Waals surface area contributed by atoms with E-state index in [0.717, 1.165) is 10.6 Å². The van der Waals surface area contributed by atoms with Gasteiger partial charge in [-0.3, -0.25) is 9.78 Å². The van der Waals surface area contributed by atoms with Gasteiger partial charge in [-0.1, -0.05) is 46.0 Å². The van der Waals surface area contributed by atoms with Gasteiger partial charge in [-0.25, -0.2) is 0 Å². The van der Waals surface area contributed by atoms with Crippen LogP contribution in [0.2, 0.25) is 13.1 Å². The quantitative estimate of drug-likeness (QED) is 0.356. The largest absolute Gasteiger partial charge is 0.411 e. The number of aromatic nitrogens is 1. The summed E-state index contributed by atoms with van der Waals surface area (Å²) in [6, 6.07) is 5.70. The summed E-state index contributed by atoms with van der Waals surface area (Å²) in [7, 11) is -0.963. The lowest BCUT2D eigenvalue weighted by molar-refractivity contribution is -0.160. The van der Waals surface area contributed by atoms with Gasteiger partial charge in [0.25, 0.3) is 0 Å². The van der Waals surface area contributed by atoms with E-state index in [0.29, 0.717) is 0 Å². The van der Waals surface area contributed by atoms with Gasteiger partial charge in [0, 0.05) is 17.0 Å². The van der Waals surface area contributed by atoms with Gasteiger partial charge >= 0.3 is 0 Å². The Hall–Kier alpha value is -1.11. The number of hydrogen-bond donors (Lipinski definition) is 1. The Balaban J connectivity index is 2.30. The number of amides is 1. The smallest absolute Gasteiger partial charge is 0.228 e. The Labute approximate surface area is 158 Å². The van der Waals surface area contributed by atoms with Gasteiger partial charge in [0.1, 0.15) is 0 Å². The maximum absolute atomic E-state index is 12.5. The predicted octanol–water partition coefficient (Wildman–Crippen LogP) is 3.62. The van der Waals surface area contributed by atoms with Crippen LogP contribution in [-0.2, 0) is 9.22 Å². The number of thiocarbonyl (C=S) groups is 1. The Morgan fingerprint density at radius 1 is 1.32 bits per heavy atom. The fourth-order valence-corrected chi connectivity index (χ4v) is 4.97. The van der Waals surface area contributed by atoms with Crippen molar-refractivity contribution in [1.29, 1.82) is 0 Å². The molecule has 4 nitrogen and oxygen atoms in total. The van der Waals surface area contributed by atoms with Crippen molar-refractivity contribution in [2.24, 2.45) is 17.3 Å². The van der Waals surface area contributed by atoms with Gasteiger partial charge in [0.2, 0.25) is 14.9 Å². The highest BCUT2D eigenvalue weighted by Crippen LogP contribution is 2.46. The van der Waals surface area contributed by atoms with Crippen LogP contribution in [0.5, 0.6) is 0 Å². The van der Waals surface area contributed by atoms with E-state index in [1.54, 1.807) is 6.20 Å². The van der Waals surface area contributed by atoms with Crippen molar-refractivity contribution >= 4 is 32.0 Å². The third kappa shape index (κ3) is 3.86. The first-order chi connectivity index (χ1) is 11.5. The average Bonchev–Trinajstić information content (AvgIpc) is 2.50. The molecule has 1 saturated heterocycles. The third-order valence-corrected chi connectivity index (χ3v) is 6.73. The summed E-state index contributed by atoms with van der Waals surface area (Å²) in [5.41, 5.74) is 0.104. The summed E-state index contributed by atoms with van der Waals surface area (Å²) in [5.74, 6) is -0.146. The van der Waals surface area contributed by atoms with Crippen LogP contribution in [-0.4, -0.2) is 36.4 Å². The standard InChI is InChI=1S/C19H29N2O2SSi/c1-12(16(24)13-10-8-9-11-20-13)15-14(17(22)21-15)19(5,18(2,3)4)23-25(6)7/h8-12,14-15H,1-7H3,(H,21,22)/t12-,14-,15-,19-/m1/s1. The summed E-state index contributed by atoms with van der Waals surface area (Å²) in [5, 5.41) is 3.07. The summed E-state index contributed by atoms with van der Waals surface area (Å²) in [4.78, 5) is 17.7. The molecule has 25 heavy (non-hydrogen) atoms. The molecule has 137 valence electrons. The lowest BCUT2D eigenvalue weighted by Gasteiger charge is -2.55. The van der Waals surface area contributed by atoms with E-state index in [9.17, 15) is 4.79 Å². The molecule has 0 aliphatic carbocycles. The number of hydrogen-bond acceptors (Lipinski definition) is 4. The molecule has 1 aliphatic rings. The zero-order chi connectivity index (χ0) is 19.0. The maximum atomic E-state index is 12.5. The van der Waals surface area contributed by atoms with Crippen molar-refractivity contribution in [3.05, 3.63) is 30.1 Å². The molecule has 0 bridgehead atoms. The lowest BCUT2D eigenvalue weighted by Crippen LogP contribution is -2.72. The van der Waals surface area contributed by atoms with Crippen LogP contribution < -0.4 is 5.32 Å². The lowest BCUT2D eigenvalue weighted by atomic mass is 9.62. The molecule has 1 amide bonds. The first-order valence-electron chi connectivity index (χ1n) is 8.74. The Bertz CT molecular complexity index is 645. The highest BCUT2D eigenvalue weighted by molar-refractivity contribution is 7.80. The van der Waals surface area contributed by atoms with Crippen molar-refractivity contribution in [2.45, 2.75) is 59.4 Å². The summed E-state index contributed by atoms with van der Waals surface area (Å²) in [6.45, 7) is 14.8. The van der Waals surface area contributed by atoms with Crippen molar-refractivity contribution in [3.8, 4) is 0 Å². The minimum atomic E-state index is -0.963. The van der Waals surface area contributed by atoms with E-state index in [-0.39, 0.29) is 29.2 Å². The fourth-order valence-electron chi connectivity index (χ4n) is 3.42. The molecule has 2 rings (SSSR count). The monoisotopic (exact) mass is 377 g/mol. The number of rotatable bonds is 6. The second kappa shape index (κ2) is 7.25. The molecule has 0 spiro atoms. The maximum Gasteiger partial charge on any atom is 0.228 e. The van der Waals surface area contributed by atoms with E-state index in [1.165, 1.54) is 0 Å². The van der Waals surface area contributed by atoms with Crippen molar-refractivity contribution < 1.29 is 9.22 Å². The van der Waals surface area contributed by atoms with Crippen molar-refractivity contribution in [1.82, 2.24) is 10.3 Å². The van der Waals surface area contributed by atoms with Crippen LogP contribution >= 0.6 is 12.2 Å². The highest BCUT2D eigenvalue weighted by Gasteiger charge is 2.58. The minimum absolute atomic E-state index is 0.0160. The van der Waals surface area contributed by atoms with Gasteiger partial charge in [0.05, 0.1) is 23.3 Å². The molecular weight excluding hydrogens is 348 g/mol. The van der Waals surface area contributed by atoms with E-state index >= 15 is 0 Å². The number of carbonyl (C=O) groups is 1. The number of carbonyl (C=O) groups excluding carboxylic acids is 1. The van der Waals surface area contributed by atoms with Crippen molar-refractivity contribution in [2.75, 3.05) is 0 Å². The minimum Gasteiger partial charge on any atom is -0.411 e. The first kappa shape index (κ1) is 20.2. The van der Waals surface area contributed by atoms with Crippen LogP contribution in [0, 0.1) is 17.3 Å². The van der Waals surface area contributed by atoms with Gasteiger partial charge < -0.3 is 9.74 Å². The van der Waals surface area contributed by atoms with E-state index < -0.39 is 14.6 Å². The van der Waals surface area contributed by atoms with Crippen LogP contribution in [0.3, 0.4) is 0 Å². The van der Waals surface area contributed by atoms with E-state index in [1.807, 2.05) is 18.2 Å². The van der Waals surface area contributed by atoms with Crippen LogP contribution in [0.15, 0.2) is 24.4 Å². The van der Waals surface area contributed by atoms with Crippen molar-refractivity contribution in [3.63, 3.8) is 0 Å². The molecule has 1 aliphatic heterocycles. The Morgan fingerprint density at radius 3 is 2.40 bits per heavy atom. The van der Waals surface area contributed by atoms with Crippen LogP contribution in [0.4, 0.5) is 0 Å². The summed E-state index contributed by atoms with van der Waals surface area (Å²) >= 11 is 5.67. The van der Waals surface area contributed by atoms with Gasteiger partial charge in [-0.2, -0.15) is 0 Å². The van der Waals surface area contributed by atoms with Crippen LogP contribution in [0.1, 0.15) is 40.3 Å². The summed E-state index contributed by atoms with van der Waals surface area (Å²) in [6.07, 6.45) is 1.75. The molecule has 1 aromatic rings. The molecule has 4 atom stereocenters. The zero-order valence-corrected chi connectivity index (χ0v) is 18.0. The molecule has 1 radical (unpaired) electrons. The number of nitrogens with zero attached hydrogens (tertiary/aromatic N) is 1. The zero-order valence-electron chi connectivity index (χ0n) is 16.2. The molecular formula is C19H29N2O2SSi. The van der Waals surface area contributed by atoms with E-state index in [4.69, 9.17) is 16.6 Å². The molecule has 1 fully saturated rings. The van der Waals surface area contributed by atoms with Gasteiger partial charge in [-0.15, -0.1) is 0 Å². The number of β-lactam (4-membered cyclic amide) rings is 1. The van der Waals surface area contributed by atoms with Gasteiger partial charge in [-0.05, 0) is 37.6 Å². The average molecular weight is 378 g/mol. The SMILES string of the molecule is C[C@@H](C(=S)c1ccccn1)[C@H]1NC(=O)[C@@H]1[C@@](C)(O[Si](C)C)C(C)(C)C. The highest BCUT2D eigenvalue weighted by atomic mass is 32.1. The van der Waals surface area contributed by atoms with E-state index in [2.05, 4.69) is 58.0 Å². The molecule has 1 N–H and O–H groups in total. The van der Waals surface area contributed by atoms with Crippen LogP contribution in [0.25, 0.3) is 0 Å². The second-order valence-electron chi connectivity index (χ2n) is 8.25. The van der Waals surface area contributed by atoms with Gasteiger partial charge in [0.15, 0.2) is 0 Å². The molecule has 6 heteroatoms. The summed E-state index contributed by atoms with van der Waals surface area (Å²) < 4.78 is 6.42. The molecule has 2 heterocycles. The molecule has 0 saturated carbocycles. The Kier molecular flexibility index (Phi) is 5.86. The fraction of sp³-hybridized carbons (Fsp3) is 0.632. The first-order valence-corrected chi connectivity index (χ1v) is 11.6. The Morgan fingerprint density at radius 2 is 1.96 bits per heavy atom. The topological polar surface area (TPSA) is 51.2 Å². The number of nitrogens with one attached hydrogen (secondary N) is 1. The molecule has 1 aromatic heterocycles. The molecule has 0 unspecified atom stereocenters. The second-order valence-corrected chi connectivity index (χ2v) is 10.7. The third-order valence-electron chi connectivity index (χ3n) is 5.32. The predicted molar refractivity (Wildman–Crippen MR) is 107 cm³/mol. The number of pyridine rings is 1. The normalized spacial score (nSPS) is 24.2.